The predicted molar refractivity (Wildman–Crippen MR) is 116 cm³/mol. The predicted octanol–water partition coefficient (Wildman–Crippen LogP) is 2.41. The van der Waals surface area contributed by atoms with Gasteiger partial charge in [-0.05, 0) is 37.5 Å². The number of rotatable bonds is 5. The van der Waals surface area contributed by atoms with Crippen LogP contribution in [0.2, 0.25) is 0 Å². The lowest BCUT2D eigenvalue weighted by Crippen LogP contribution is -2.45. The van der Waals surface area contributed by atoms with Crippen molar-refractivity contribution in [1.29, 1.82) is 0 Å². The lowest BCUT2D eigenvalue weighted by molar-refractivity contribution is -0.126. The minimum Gasteiger partial charge on any atom is -0.408 e. The molecular formula is C22H25N3O5S. The van der Waals surface area contributed by atoms with Gasteiger partial charge < -0.3 is 9.73 Å². The second-order valence-electron chi connectivity index (χ2n) is 7.90. The zero-order chi connectivity index (χ0) is 22.2. The van der Waals surface area contributed by atoms with Gasteiger partial charge >= 0.3 is 5.76 Å². The minimum atomic E-state index is -3.82. The van der Waals surface area contributed by atoms with Gasteiger partial charge in [0.1, 0.15) is 0 Å². The Kier molecular flexibility index (Phi) is 5.72. The van der Waals surface area contributed by atoms with Crippen molar-refractivity contribution in [1.82, 2.24) is 14.2 Å². The van der Waals surface area contributed by atoms with Crippen molar-refractivity contribution in [2.24, 2.45) is 13.0 Å². The SMILES string of the molecule is CC(NC(=O)C1CCCN(S(=O)(=O)c2ccc3c(c2)oc(=O)n3C)C1)c1ccccc1. The molecule has 2 aromatic carbocycles. The number of sulfonamides is 1. The molecule has 1 amide bonds. The molecular weight excluding hydrogens is 418 g/mol. The monoisotopic (exact) mass is 443 g/mol. The van der Waals surface area contributed by atoms with Crippen molar-refractivity contribution < 1.29 is 17.6 Å². The zero-order valence-corrected chi connectivity index (χ0v) is 18.3. The summed E-state index contributed by atoms with van der Waals surface area (Å²) in [7, 11) is -2.26. The molecule has 4 rings (SSSR count). The van der Waals surface area contributed by atoms with Gasteiger partial charge in [-0.3, -0.25) is 9.36 Å². The molecule has 0 saturated carbocycles. The third-order valence-electron chi connectivity index (χ3n) is 5.81. The summed E-state index contributed by atoms with van der Waals surface area (Å²) in [5.74, 6) is -1.12. The number of carbonyl (C=O) groups excluding carboxylic acids is 1. The molecule has 1 aromatic heterocycles. The number of nitrogens with zero attached hydrogens (tertiary/aromatic N) is 2. The maximum Gasteiger partial charge on any atom is 0.419 e. The second kappa shape index (κ2) is 8.32. The fourth-order valence-corrected chi connectivity index (χ4v) is 5.49. The fraction of sp³-hybridized carbons (Fsp3) is 0.364. The van der Waals surface area contributed by atoms with Crippen LogP contribution in [0.4, 0.5) is 0 Å². The van der Waals surface area contributed by atoms with E-state index in [4.69, 9.17) is 4.42 Å². The van der Waals surface area contributed by atoms with Crippen LogP contribution in [0.1, 0.15) is 31.4 Å². The van der Waals surface area contributed by atoms with E-state index in [0.717, 1.165) is 5.56 Å². The van der Waals surface area contributed by atoms with E-state index in [9.17, 15) is 18.0 Å². The molecule has 9 heteroatoms. The highest BCUT2D eigenvalue weighted by atomic mass is 32.2. The summed E-state index contributed by atoms with van der Waals surface area (Å²) in [6, 6.07) is 13.9. The van der Waals surface area contributed by atoms with E-state index in [-0.39, 0.29) is 29.0 Å². The quantitative estimate of drug-likeness (QED) is 0.653. The van der Waals surface area contributed by atoms with Gasteiger partial charge in [0.2, 0.25) is 15.9 Å². The van der Waals surface area contributed by atoms with Crippen LogP contribution in [-0.4, -0.2) is 36.3 Å². The highest BCUT2D eigenvalue weighted by molar-refractivity contribution is 7.89. The Balaban J connectivity index is 1.51. The summed E-state index contributed by atoms with van der Waals surface area (Å²) >= 11 is 0. The first-order valence-electron chi connectivity index (χ1n) is 10.2. The number of oxazole rings is 1. The Morgan fingerprint density at radius 3 is 2.68 bits per heavy atom. The lowest BCUT2D eigenvalue weighted by Gasteiger charge is -2.32. The van der Waals surface area contributed by atoms with E-state index in [1.54, 1.807) is 13.1 Å². The Hall–Kier alpha value is -2.91. The number of aryl methyl sites for hydroxylation is 1. The van der Waals surface area contributed by atoms with Crippen LogP contribution in [-0.2, 0) is 21.9 Å². The van der Waals surface area contributed by atoms with E-state index in [1.165, 1.54) is 21.0 Å². The van der Waals surface area contributed by atoms with Gasteiger partial charge in [0.05, 0.1) is 22.4 Å². The molecule has 164 valence electrons. The van der Waals surface area contributed by atoms with Crippen molar-refractivity contribution in [2.45, 2.75) is 30.7 Å². The topological polar surface area (TPSA) is 102 Å². The number of nitrogens with one attached hydrogen (secondary N) is 1. The molecule has 0 aliphatic carbocycles. The van der Waals surface area contributed by atoms with Gasteiger partial charge in [-0.15, -0.1) is 0 Å². The normalized spacial score (nSPS) is 18.7. The van der Waals surface area contributed by atoms with Crippen LogP contribution in [0.25, 0.3) is 11.1 Å². The number of piperidine rings is 1. The van der Waals surface area contributed by atoms with Gasteiger partial charge in [0, 0.05) is 26.2 Å². The summed E-state index contributed by atoms with van der Waals surface area (Å²) < 4.78 is 34.2. The Bertz CT molecular complexity index is 1260. The van der Waals surface area contributed by atoms with E-state index in [1.807, 2.05) is 37.3 Å². The number of hydrogen-bond acceptors (Lipinski definition) is 5. The molecule has 1 aliphatic rings. The molecule has 0 radical (unpaired) electrons. The van der Waals surface area contributed by atoms with Crippen LogP contribution >= 0.6 is 0 Å². The molecule has 3 aromatic rings. The van der Waals surface area contributed by atoms with E-state index in [0.29, 0.717) is 24.9 Å². The Morgan fingerprint density at radius 1 is 1.19 bits per heavy atom. The zero-order valence-electron chi connectivity index (χ0n) is 17.4. The average Bonchev–Trinajstić information content (AvgIpc) is 3.07. The molecule has 31 heavy (non-hydrogen) atoms. The van der Waals surface area contributed by atoms with Crippen LogP contribution in [0.15, 0.2) is 62.6 Å². The highest BCUT2D eigenvalue weighted by Gasteiger charge is 2.34. The fourth-order valence-electron chi connectivity index (χ4n) is 3.95. The first-order chi connectivity index (χ1) is 14.8. The number of carbonyl (C=O) groups is 1. The standard InChI is InChI=1S/C22H25N3O5S/c1-15(16-7-4-3-5-8-16)23-21(26)17-9-6-12-25(14-17)31(28,29)18-10-11-19-20(13-18)30-22(27)24(19)2/h3-5,7-8,10-11,13,15,17H,6,9,12,14H2,1-2H3,(H,23,26). The number of amides is 1. The van der Waals surface area contributed by atoms with Crippen molar-refractivity contribution in [3.63, 3.8) is 0 Å². The van der Waals surface area contributed by atoms with E-state index in [2.05, 4.69) is 5.32 Å². The summed E-state index contributed by atoms with van der Waals surface area (Å²) in [5.41, 5.74) is 1.74. The molecule has 1 N–H and O–H groups in total. The number of hydrogen-bond donors (Lipinski definition) is 1. The molecule has 8 nitrogen and oxygen atoms in total. The van der Waals surface area contributed by atoms with Gasteiger partial charge in [-0.25, -0.2) is 13.2 Å². The van der Waals surface area contributed by atoms with Gasteiger partial charge in [0.15, 0.2) is 5.58 Å². The van der Waals surface area contributed by atoms with Gasteiger partial charge in [0.25, 0.3) is 0 Å². The molecule has 0 spiro atoms. The van der Waals surface area contributed by atoms with Crippen molar-refractivity contribution in [2.75, 3.05) is 13.1 Å². The number of aromatic nitrogens is 1. The first-order valence-corrected chi connectivity index (χ1v) is 11.7. The molecule has 0 bridgehead atoms. The molecule has 1 aliphatic heterocycles. The first kappa shape index (κ1) is 21.3. The lowest BCUT2D eigenvalue weighted by atomic mass is 9.98. The Labute approximate surface area is 180 Å². The number of benzene rings is 2. The van der Waals surface area contributed by atoms with Crippen LogP contribution < -0.4 is 11.1 Å². The van der Waals surface area contributed by atoms with Gasteiger partial charge in [-0.2, -0.15) is 4.31 Å². The van der Waals surface area contributed by atoms with E-state index >= 15 is 0 Å². The summed E-state index contributed by atoms with van der Waals surface area (Å²) in [5, 5.41) is 3.00. The van der Waals surface area contributed by atoms with Crippen LogP contribution in [0.3, 0.4) is 0 Å². The molecule has 2 unspecified atom stereocenters. The summed E-state index contributed by atoms with van der Waals surface area (Å²) in [4.78, 5) is 24.6. The summed E-state index contributed by atoms with van der Waals surface area (Å²) in [6.07, 6.45) is 1.23. The molecule has 1 saturated heterocycles. The number of fused-ring (bicyclic) bond motifs is 1. The second-order valence-corrected chi connectivity index (χ2v) is 9.84. The van der Waals surface area contributed by atoms with Crippen molar-refractivity contribution in [3.8, 4) is 0 Å². The largest absolute Gasteiger partial charge is 0.419 e. The van der Waals surface area contributed by atoms with Crippen LogP contribution in [0.5, 0.6) is 0 Å². The van der Waals surface area contributed by atoms with E-state index < -0.39 is 21.7 Å². The smallest absolute Gasteiger partial charge is 0.408 e. The molecule has 2 heterocycles. The van der Waals surface area contributed by atoms with Crippen molar-refractivity contribution >= 4 is 27.0 Å². The third-order valence-corrected chi connectivity index (χ3v) is 7.68. The third kappa shape index (κ3) is 4.15. The summed E-state index contributed by atoms with van der Waals surface area (Å²) in [6.45, 7) is 2.37. The highest BCUT2D eigenvalue weighted by Crippen LogP contribution is 2.26. The Morgan fingerprint density at radius 2 is 1.94 bits per heavy atom. The van der Waals surface area contributed by atoms with Crippen LogP contribution in [0, 0.1) is 5.92 Å². The van der Waals surface area contributed by atoms with Crippen molar-refractivity contribution in [3.05, 3.63) is 64.6 Å². The molecule has 1 fully saturated rings. The van der Waals surface area contributed by atoms with Gasteiger partial charge in [-0.1, -0.05) is 30.3 Å². The minimum absolute atomic E-state index is 0.0491. The average molecular weight is 444 g/mol. The maximum absolute atomic E-state index is 13.2. The molecule has 2 atom stereocenters. The maximum atomic E-state index is 13.2.